The van der Waals surface area contributed by atoms with E-state index in [9.17, 15) is 9.59 Å². The van der Waals surface area contributed by atoms with E-state index in [2.05, 4.69) is 20.7 Å². The molecule has 8 heteroatoms. The number of carboxylic acid groups (broad SMARTS) is 1. The molecule has 3 N–H and O–H groups in total. The molecule has 0 unspecified atom stereocenters. The zero-order valence-electron chi connectivity index (χ0n) is 13.7. The van der Waals surface area contributed by atoms with Gasteiger partial charge >= 0.3 is 12.0 Å². The second kappa shape index (κ2) is 7.43. The van der Waals surface area contributed by atoms with Crippen LogP contribution in [0, 0.1) is 0 Å². The van der Waals surface area contributed by atoms with Crippen LogP contribution in [0.5, 0.6) is 0 Å². The third-order valence-corrected chi connectivity index (χ3v) is 4.10. The molecule has 1 aromatic rings. The summed E-state index contributed by atoms with van der Waals surface area (Å²) in [4.78, 5) is 26.7. The molecule has 0 spiro atoms. The van der Waals surface area contributed by atoms with Crippen molar-refractivity contribution in [2.24, 2.45) is 0 Å². The first-order valence-corrected chi connectivity index (χ1v) is 8.08. The van der Waals surface area contributed by atoms with E-state index in [1.54, 1.807) is 20.2 Å². The molecule has 1 aliphatic rings. The summed E-state index contributed by atoms with van der Waals surface area (Å²) in [6.07, 6.45) is 7.86. The lowest BCUT2D eigenvalue weighted by molar-refractivity contribution is -0.137. The Bertz CT molecular complexity index is 549. The molecule has 2 amide bonds. The third-order valence-electron chi connectivity index (χ3n) is 4.10. The van der Waals surface area contributed by atoms with Crippen LogP contribution in [-0.4, -0.2) is 37.4 Å². The Balaban J connectivity index is 1.85. The molecule has 0 bridgehead atoms. The summed E-state index contributed by atoms with van der Waals surface area (Å²) in [6, 6.07) is -0.0661. The molecular weight excluding hydrogens is 298 g/mol. The molecule has 1 fully saturated rings. The fourth-order valence-electron chi connectivity index (χ4n) is 2.78. The fourth-order valence-corrected chi connectivity index (χ4v) is 2.78. The average Bonchev–Trinajstić information content (AvgIpc) is 2.94. The van der Waals surface area contributed by atoms with E-state index in [0.717, 1.165) is 12.8 Å². The summed E-state index contributed by atoms with van der Waals surface area (Å²) in [6.45, 7) is 3.56. The zero-order chi connectivity index (χ0) is 16.9. The van der Waals surface area contributed by atoms with E-state index in [1.807, 2.05) is 4.68 Å². The second-order valence-corrected chi connectivity index (χ2v) is 6.70. The van der Waals surface area contributed by atoms with E-state index in [1.165, 1.54) is 19.3 Å². The van der Waals surface area contributed by atoms with Crippen molar-refractivity contribution in [1.82, 2.24) is 20.1 Å². The lowest BCUT2D eigenvalue weighted by Crippen LogP contribution is -2.46. The van der Waals surface area contributed by atoms with Gasteiger partial charge in [0.1, 0.15) is 6.33 Å². The molecule has 0 radical (unpaired) electrons. The maximum Gasteiger partial charge on any atom is 0.322 e. The summed E-state index contributed by atoms with van der Waals surface area (Å²) in [5.74, 6) is -0.615. The van der Waals surface area contributed by atoms with Crippen LogP contribution in [0.25, 0.3) is 0 Å². The molecule has 0 atom stereocenters. The molecule has 1 aliphatic carbocycles. The van der Waals surface area contributed by atoms with Gasteiger partial charge in [-0.2, -0.15) is 0 Å². The van der Waals surface area contributed by atoms with Crippen LogP contribution in [0.3, 0.4) is 0 Å². The van der Waals surface area contributed by atoms with Gasteiger partial charge in [-0.15, -0.1) is 5.10 Å². The van der Waals surface area contributed by atoms with E-state index in [4.69, 9.17) is 5.11 Å². The number of amides is 2. The Labute approximate surface area is 135 Å². The summed E-state index contributed by atoms with van der Waals surface area (Å²) in [5.41, 5.74) is -0.617. The van der Waals surface area contributed by atoms with E-state index >= 15 is 0 Å². The van der Waals surface area contributed by atoms with Gasteiger partial charge in [0.25, 0.3) is 0 Å². The molecule has 8 nitrogen and oxygen atoms in total. The Kier molecular flexibility index (Phi) is 5.57. The molecule has 1 aromatic heterocycles. The van der Waals surface area contributed by atoms with Crippen LogP contribution in [0.2, 0.25) is 0 Å². The fraction of sp³-hybridized carbons (Fsp3) is 0.733. The number of carbonyl (C=O) groups is 2. The van der Waals surface area contributed by atoms with Crippen LogP contribution >= 0.6 is 0 Å². The van der Waals surface area contributed by atoms with Gasteiger partial charge in [-0.3, -0.25) is 10.1 Å². The predicted octanol–water partition coefficient (Wildman–Crippen LogP) is 2.55. The van der Waals surface area contributed by atoms with E-state index in [0.29, 0.717) is 12.5 Å². The van der Waals surface area contributed by atoms with Crippen LogP contribution in [-0.2, 0) is 4.79 Å². The molecule has 0 aliphatic heterocycles. The van der Waals surface area contributed by atoms with Gasteiger partial charge in [0.05, 0.1) is 6.04 Å². The first-order chi connectivity index (χ1) is 10.9. The van der Waals surface area contributed by atoms with Crippen molar-refractivity contribution in [3.05, 3.63) is 6.33 Å². The third kappa shape index (κ3) is 5.54. The molecule has 23 heavy (non-hydrogen) atoms. The molecule has 2 rings (SSSR count). The smallest absolute Gasteiger partial charge is 0.322 e. The minimum absolute atomic E-state index is 0.00182. The predicted molar refractivity (Wildman–Crippen MR) is 85.2 cm³/mol. The summed E-state index contributed by atoms with van der Waals surface area (Å²) < 4.78 is 1.82. The maximum atomic E-state index is 12.0. The monoisotopic (exact) mass is 323 g/mol. The minimum Gasteiger partial charge on any atom is -0.481 e. The van der Waals surface area contributed by atoms with Crippen molar-refractivity contribution in [3.63, 3.8) is 0 Å². The highest BCUT2D eigenvalue weighted by molar-refractivity contribution is 5.87. The molecule has 1 saturated carbocycles. The normalized spacial score (nSPS) is 16.1. The number of hydrogen-bond donors (Lipinski definition) is 3. The van der Waals surface area contributed by atoms with Gasteiger partial charge in [-0.25, -0.2) is 14.5 Å². The Morgan fingerprint density at radius 2 is 2.04 bits per heavy atom. The van der Waals surface area contributed by atoms with Crippen LogP contribution < -0.4 is 10.6 Å². The number of carbonyl (C=O) groups excluding carboxylic acids is 1. The van der Waals surface area contributed by atoms with Crippen molar-refractivity contribution in [3.8, 4) is 0 Å². The molecule has 0 aromatic carbocycles. The number of urea groups is 1. The van der Waals surface area contributed by atoms with E-state index in [-0.39, 0.29) is 12.4 Å². The van der Waals surface area contributed by atoms with Crippen molar-refractivity contribution >= 4 is 17.9 Å². The first-order valence-electron chi connectivity index (χ1n) is 8.08. The summed E-state index contributed by atoms with van der Waals surface area (Å²) >= 11 is 0. The molecule has 1 heterocycles. The topological polar surface area (TPSA) is 109 Å². The lowest BCUT2D eigenvalue weighted by atomic mass is 9.96. The number of aliphatic carboxylic acids is 1. The summed E-state index contributed by atoms with van der Waals surface area (Å²) in [7, 11) is 0. The number of nitrogens with zero attached hydrogens (tertiary/aromatic N) is 3. The van der Waals surface area contributed by atoms with Crippen molar-refractivity contribution in [2.45, 2.75) is 70.4 Å². The van der Waals surface area contributed by atoms with Crippen molar-refractivity contribution in [1.29, 1.82) is 0 Å². The molecular formula is C15H25N5O3. The standard InChI is InChI=1S/C15H25N5O3/c1-15(2,9-8-12(21)22)18-14(23)17-13-16-10-20(19-13)11-6-4-3-5-7-11/h10-11H,3-9H2,1-2H3,(H,21,22)(H2,17,18,19,23). The van der Waals surface area contributed by atoms with Crippen molar-refractivity contribution in [2.75, 3.05) is 5.32 Å². The number of rotatable bonds is 6. The molecule has 128 valence electrons. The Morgan fingerprint density at radius 1 is 1.35 bits per heavy atom. The number of nitrogens with one attached hydrogen (secondary N) is 2. The minimum atomic E-state index is -0.881. The summed E-state index contributed by atoms with van der Waals surface area (Å²) in [5, 5.41) is 18.4. The Morgan fingerprint density at radius 3 is 2.70 bits per heavy atom. The number of hydrogen-bond acceptors (Lipinski definition) is 4. The van der Waals surface area contributed by atoms with Gasteiger partial charge in [0, 0.05) is 12.0 Å². The van der Waals surface area contributed by atoms with Crippen LogP contribution in [0.4, 0.5) is 10.7 Å². The van der Waals surface area contributed by atoms with Gasteiger partial charge in [0.15, 0.2) is 0 Å². The van der Waals surface area contributed by atoms with Crippen molar-refractivity contribution < 1.29 is 14.7 Å². The average molecular weight is 323 g/mol. The van der Waals surface area contributed by atoms with Gasteiger partial charge in [-0.1, -0.05) is 19.3 Å². The van der Waals surface area contributed by atoms with E-state index < -0.39 is 17.5 Å². The van der Waals surface area contributed by atoms with Gasteiger partial charge in [0.2, 0.25) is 5.95 Å². The zero-order valence-corrected chi connectivity index (χ0v) is 13.7. The van der Waals surface area contributed by atoms with Gasteiger partial charge < -0.3 is 10.4 Å². The first kappa shape index (κ1) is 17.2. The number of aromatic nitrogens is 3. The molecule has 0 saturated heterocycles. The highest BCUT2D eigenvalue weighted by Gasteiger charge is 2.22. The highest BCUT2D eigenvalue weighted by atomic mass is 16.4. The number of carboxylic acids is 1. The second-order valence-electron chi connectivity index (χ2n) is 6.70. The van der Waals surface area contributed by atoms with Crippen LogP contribution in [0.15, 0.2) is 6.33 Å². The van der Waals surface area contributed by atoms with Crippen LogP contribution in [0.1, 0.15) is 64.8 Å². The highest BCUT2D eigenvalue weighted by Crippen LogP contribution is 2.27. The quantitative estimate of drug-likeness (QED) is 0.745. The number of anilines is 1. The largest absolute Gasteiger partial charge is 0.481 e. The lowest BCUT2D eigenvalue weighted by Gasteiger charge is -2.25. The Hall–Kier alpha value is -2.12. The SMILES string of the molecule is CC(C)(CCC(=O)O)NC(=O)Nc1ncn(C2CCCCC2)n1. The maximum absolute atomic E-state index is 12.0. The van der Waals surface area contributed by atoms with Gasteiger partial charge in [-0.05, 0) is 33.1 Å².